The zero-order valence-corrected chi connectivity index (χ0v) is 12.1. The van der Waals surface area contributed by atoms with E-state index in [1.54, 1.807) is 13.0 Å². The van der Waals surface area contributed by atoms with E-state index in [4.69, 9.17) is 9.47 Å². The highest BCUT2D eigenvalue weighted by molar-refractivity contribution is 6.08. The monoisotopic (exact) mass is 297 g/mol. The second kappa shape index (κ2) is 4.40. The Bertz CT molecular complexity index is 786. The number of ether oxygens (including phenoxy) is 2. The van der Waals surface area contributed by atoms with Crippen molar-refractivity contribution in [3.63, 3.8) is 0 Å². The van der Waals surface area contributed by atoms with E-state index in [2.05, 4.69) is 5.32 Å². The number of hydrogen-bond donors (Lipinski definition) is 2. The summed E-state index contributed by atoms with van der Waals surface area (Å²) < 4.78 is 11.0. The van der Waals surface area contributed by atoms with Gasteiger partial charge in [-0.3, -0.25) is 4.79 Å². The number of nitrogens with one attached hydrogen (secondary N) is 1. The number of phenols is 1. The third-order valence-electron chi connectivity index (χ3n) is 4.37. The molecule has 0 saturated carbocycles. The Morgan fingerprint density at radius 3 is 2.55 bits per heavy atom. The van der Waals surface area contributed by atoms with Crippen molar-refractivity contribution in [2.75, 3.05) is 18.5 Å². The van der Waals surface area contributed by atoms with Crippen LogP contribution in [0.2, 0.25) is 0 Å². The fourth-order valence-corrected chi connectivity index (χ4v) is 3.14. The molecule has 0 bridgehead atoms. The summed E-state index contributed by atoms with van der Waals surface area (Å²) >= 11 is 0. The highest BCUT2D eigenvalue weighted by atomic mass is 16.6. The number of benzene rings is 2. The molecule has 4 rings (SSSR count). The zero-order chi connectivity index (χ0) is 15.3. The normalized spacial score (nSPS) is 22.1. The summed E-state index contributed by atoms with van der Waals surface area (Å²) in [6.07, 6.45) is 0. The standard InChI is InChI=1S/C17H15NO4/c1-17(10-4-2-3-5-12(10)18-16(17)20)11-8-14-15(9-13(11)19)22-7-6-21-14/h2-5,8-9,19H,6-7H2,1H3,(H,18,20)/t17-/m0/s1. The number of amides is 1. The van der Waals surface area contributed by atoms with Crippen LogP contribution in [0.4, 0.5) is 5.69 Å². The molecule has 112 valence electrons. The van der Waals surface area contributed by atoms with Crippen molar-refractivity contribution < 1.29 is 19.4 Å². The number of rotatable bonds is 1. The maximum atomic E-state index is 12.6. The number of anilines is 1. The first-order valence-electron chi connectivity index (χ1n) is 7.15. The molecule has 5 nitrogen and oxygen atoms in total. The molecular weight excluding hydrogens is 282 g/mol. The summed E-state index contributed by atoms with van der Waals surface area (Å²) in [6.45, 7) is 2.71. The van der Waals surface area contributed by atoms with E-state index >= 15 is 0 Å². The predicted molar refractivity (Wildman–Crippen MR) is 80.6 cm³/mol. The summed E-state index contributed by atoms with van der Waals surface area (Å²) in [5.41, 5.74) is 1.16. The molecule has 2 aromatic carbocycles. The third-order valence-corrected chi connectivity index (χ3v) is 4.37. The number of aromatic hydroxyl groups is 1. The minimum atomic E-state index is -0.962. The molecule has 0 radical (unpaired) electrons. The van der Waals surface area contributed by atoms with E-state index in [1.165, 1.54) is 6.07 Å². The van der Waals surface area contributed by atoms with Crippen molar-refractivity contribution in [1.82, 2.24) is 0 Å². The number of carbonyl (C=O) groups excluding carboxylic acids is 1. The average molecular weight is 297 g/mol. The second-order valence-corrected chi connectivity index (χ2v) is 5.64. The van der Waals surface area contributed by atoms with Gasteiger partial charge in [-0.15, -0.1) is 0 Å². The minimum Gasteiger partial charge on any atom is -0.507 e. The van der Waals surface area contributed by atoms with Crippen molar-refractivity contribution in [3.05, 3.63) is 47.5 Å². The summed E-state index contributed by atoms with van der Waals surface area (Å²) in [6, 6.07) is 10.7. The van der Waals surface area contributed by atoms with Gasteiger partial charge in [-0.1, -0.05) is 18.2 Å². The lowest BCUT2D eigenvalue weighted by Gasteiger charge is -2.26. The number of phenolic OH excluding ortho intramolecular Hbond substituents is 1. The smallest absolute Gasteiger partial charge is 0.239 e. The van der Waals surface area contributed by atoms with Gasteiger partial charge < -0.3 is 19.9 Å². The molecular formula is C17H15NO4. The lowest BCUT2D eigenvalue weighted by atomic mass is 9.76. The molecule has 0 aromatic heterocycles. The predicted octanol–water partition coefficient (Wildman–Crippen LogP) is 2.42. The van der Waals surface area contributed by atoms with Gasteiger partial charge in [0.15, 0.2) is 11.5 Å². The molecule has 2 N–H and O–H groups in total. The molecule has 2 aliphatic rings. The molecule has 5 heteroatoms. The van der Waals surface area contributed by atoms with E-state index in [0.29, 0.717) is 30.3 Å². The fraction of sp³-hybridized carbons (Fsp3) is 0.235. The topological polar surface area (TPSA) is 67.8 Å². The maximum absolute atomic E-state index is 12.6. The summed E-state index contributed by atoms with van der Waals surface area (Å²) in [5, 5.41) is 13.3. The largest absolute Gasteiger partial charge is 0.507 e. The summed E-state index contributed by atoms with van der Waals surface area (Å²) in [4.78, 5) is 12.6. The minimum absolute atomic E-state index is 0.0265. The van der Waals surface area contributed by atoms with E-state index in [9.17, 15) is 9.90 Å². The van der Waals surface area contributed by atoms with E-state index < -0.39 is 5.41 Å². The third kappa shape index (κ3) is 1.62. The first-order valence-corrected chi connectivity index (χ1v) is 7.15. The van der Waals surface area contributed by atoms with Gasteiger partial charge in [0.2, 0.25) is 5.91 Å². The van der Waals surface area contributed by atoms with Gasteiger partial charge in [0.1, 0.15) is 24.4 Å². The molecule has 0 aliphatic carbocycles. The number of carbonyl (C=O) groups is 1. The molecule has 1 atom stereocenters. The average Bonchev–Trinajstić information content (AvgIpc) is 2.79. The first kappa shape index (κ1) is 13.0. The number of para-hydroxylation sites is 1. The zero-order valence-electron chi connectivity index (χ0n) is 12.1. The van der Waals surface area contributed by atoms with Gasteiger partial charge >= 0.3 is 0 Å². The van der Waals surface area contributed by atoms with Gasteiger partial charge in [0.05, 0.1) is 0 Å². The Morgan fingerprint density at radius 2 is 1.77 bits per heavy atom. The molecule has 2 aromatic rings. The molecule has 1 amide bonds. The highest BCUT2D eigenvalue weighted by Gasteiger charge is 2.46. The molecule has 2 heterocycles. The van der Waals surface area contributed by atoms with Crippen molar-refractivity contribution in [1.29, 1.82) is 0 Å². The van der Waals surface area contributed by atoms with Gasteiger partial charge in [0.25, 0.3) is 0 Å². The van der Waals surface area contributed by atoms with Gasteiger partial charge in [-0.05, 0) is 24.6 Å². The second-order valence-electron chi connectivity index (χ2n) is 5.64. The van der Waals surface area contributed by atoms with Gasteiger partial charge in [-0.25, -0.2) is 0 Å². The lowest BCUT2D eigenvalue weighted by Crippen LogP contribution is -2.32. The Hall–Kier alpha value is -2.69. The fourth-order valence-electron chi connectivity index (χ4n) is 3.14. The van der Waals surface area contributed by atoms with Crippen LogP contribution in [0.15, 0.2) is 36.4 Å². The van der Waals surface area contributed by atoms with Crippen LogP contribution in [0.3, 0.4) is 0 Å². The van der Waals surface area contributed by atoms with Crippen molar-refractivity contribution >= 4 is 11.6 Å². The Labute approximate surface area is 127 Å². The SMILES string of the molecule is C[C@]1(c2cc3c(cc2O)OCCO3)C(=O)Nc2ccccc21. The lowest BCUT2D eigenvalue weighted by molar-refractivity contribution is -0.119. The van der Waals surface area contributed by atoms with Crippen molar-refractivity contribution in [2.24, 2.45) is 0 Å². The van der Waals surface area contributed by atoms with Crippen LogP contribution in [-0.2, 0) is 10.2 Å². The summed E-state index contributed by atoms with van der Waals surface area (Å²) in [5.74, 6) is 0.916. The Balaban J connectivity index is 1.93. The van der Waals surface area contributed by atoms with Crippen LogP contribution in [0.5, 0.6) is 17.2 Å². The molecule has 0 fully saturated rings. The van der Waals surface area contributed by atoms with Crippen LogP contribution in [0.1, 0.15) is 18.1 Å². The molecule has 2 aliphatic heterocycles. The van der Waals surface area contributed by atoms with Crippen LogP contribution in [0, 0.1) is 0 Å². The molecule has 0 unspecified atom stereocenters. The maximum Gasteiger partial charge on any atom is 0.239 e. The van der Waals surface area contributed by atoms with Crippen LogP contribution in [-0.4, -0.2) is 24.2 Å². The van der Waals surface area contributed by atoms with Gasteiger partial charge in [-0.2, -0.15) is 0 Å². The van der Waals surface area contributed by atoms with Crippen molar-refractivity contribution in [3.8, 4) is 17.2 Å². The van der Waals surface area contributed by atoms with Crippen LogP contribution >= 0.6 is 0 Å². The van der Waals surface area contributed by atoms with E-state index in [-0.39, 0.29) is 11.7 Å². The van der Waals surface area contributed by atoms with Crippen LogP contribution < -0.4 is 14.8 Å². The van der Waals surface area contributed by atoms with E-state index in [1.807, 2.05) is 24.3 Å². The number of hydrogen-bond acceptors (Lipinski definition) is 4. The molecule has 22 heavy (non-hydrogen) atoms. The van der Waals surface area contributed by atoms with Crippen LogP contribution in [0.25, 0.3) is 0 Å². The number of fused-ring (bicyclic) bond motifs is 2. The van der Waals surface area contributed by atoms with Crippen molar-refractivity contribution in [2.45, 2.75) is 12.3 Å². The van der Waals surface area contributed by atoms with E-state index in [0.717, 1.165) is 11.3 Å². The first-order chi connectivity index (χ1) is 10.6. The van der Waals surface area contributed by atoms with Gasteiger partial charge in [0, 0.05) is 17.3 Å². The Kier molecular flexibility index (Phi) is 2.60. The Morgan fingerprint density at radius 1 is 1.09 bits per heavy atom. The molecule has 0 saturated heterocycles. The highest BCUT2D eigenvalue weighted by Crippen LogP contribution is 2.48. The summed E-state index contributed by atoms with van der Waals surface area (Å²) in [7, 11) is 0. The quantitative estimate of drug-likeness (QED) is 0.848. The molecule has 0 spiro atoms.